The van der Waals surface area contributed by atoms with Crippen molar-refractivity contribution in [3.63, 3.8) is 0 Å². The molecule has 0 aromatic carbocycles. The van der Waals surface area contributed by atoms with E-state index in [1.54, 1.807) is 35.9 Å². The minimum atomic E-state index is -1.51. The summed E-state index contributed by atoms with van der Waals surface area (Å²) in [5, 5.41) is 21.9. The first-order chi connectivity index (χ1) is 26.8. The maximum absolute atomic E-state index is 12.9. The lowest BCUT2D eigenvalue weighted by atomic mass is 9.77. The number of oxazole rings is 2. The molecule has 0 bridgehead atoms. The van der Waals surface area contributed by atoms with Gasteiger partial charge >= 0.3 is 6.09 Å². The number of hydrogen-bond acceptors (Lipinski definition) is 14. The highest BCUT2D eigenvalue weighted by Gasteiger charge is 2.41. The van der Waals surface area contributed by atoms with Crippen LogP contribution in [0.1, 0.15) is 58.2 Å². The number of hydrogen-bond donors (Lipinski definition) is 4. The second kappa shape index (κ2) is 22.1. The fourth-order valence-electron chi connectivity index (χ4n) is 6.23. The molecule has 0 saturated carbocycles. The number of rotatable bonds is 12. The lowest BCUT2D eigenvalue weighted by molar-refractivity contribution is -0.122. The first-order valence-electron chi connectivity index (χ1n) is 19.2. The van der Waals surface area contributed by atoms with Gasteiger partial charge in [-0.15, -0.1) is 48.3 Å². The monoisotopic (exact) mass is 964 g/mol. The van der Waals surface area contributed by atoms with E-state index in [0.717, 1.165) is 51.0 Å². The Bertz CT molecular complexity index is 1970. The Balaban J connectivity index is 0.000000313. The third-order valence-corrected chi connectivity index (χ3v) is 17.2. The quantitative estimate of drug-likeness (QED) is 0.0783. The van der Waals surface area contributed by atoms with Crippen molar-refractivity contribution >= 4 is 126 Å². The summed E-state index contributed by atoms with van der Waals surface area (Å²) in [5.74, 6) is 2.58. The lowest BCUT2D eigenvalue weighted by Gasteiger charge is -2.44. The molecule has 2 unspecified atom stereocenters. The fraction of sp³-hybridized carbons (Fsp3) is 0.595. The summed E-state index contributed by atoms with van der Waals surface area (Å²) in [6.07, 6.45) is 9.13. The van der Waals surface area contributed by atoms with Gasteiger partial charge in [-0.3, -0.25) is 9.59 Å². The second-order valence-electron chi connectivity index (χ2n) is 17.4. The van der Waals surface area contributed by atoms with Gasteiger partial charge in [0.25, 0.3) is 0 Å². The summed E-state index contributed by atoms with van der Waals surface area (Å²) in [6.45, 7) is 21.6. The Morgan fingerprint density at radius 1 is 0.780 bits per heavy atom. The minimum absolute atomic E-state index is 0. The summed E-state index contributed by atoms with van der Waals surface area (Å²) in [4.78, 5) is 55.6. The number of anilines is 2. The summed E-state index contributed by atoms with van der Waals surface area (Å²) >= 11 is 6.14. The lowest BCUT2D eigenvalue weighted by Crippen LogP contribution is -2.53. The van der Waals surface area contributed by atoms with E-state index < -0.39 is 22.2 Å². The molecule has 2 atom stereocenters. The second-order valence-corrected chi connectivity index (χ2v) is 32.0. The van der Waals surface area contributed by atoms with Crippen molar-refractivity contribution in [2.24, 2.45) is 17.3 Å². The molecule has 6 heterocycles. The number of carbonyl (C=O) groups excluding carboxylic acids is 2. The molecule has 4 aromatic rings. The predicted octanol–water partition coefficient (Wildman–Crippen LogP) is 8.46. The number of carbonyl (C=O) groups is 3. The molecule has 4 N–H and O–H groups in total. The van der Waals surface area contributed by atoms with Crippen LogP contribution in [0.2, 0.25) is 39.3 Å². The molecule has 4 aromatic heterocycles. The van der Waals surface area contributed by atoms with Gasteiger partial charge in [-0.05, 0) is 44.2 Å². The standard InChI is InChI=1S/C21H32N4O4S2Si.C16H24N4O2S2Si.2ClH/c1-21(2,3)14-9-13(7-8-25(14)20(27)28)18(26)24-19-23-11-17(31-19)30-12-15-22-10-16(29-15)32(4,5)6;1-25(2,3)13-8-18-12(22-13)10-23-14-9-19-16(24-14)20-15(21)11-4-6-17-7-5-11;;/h10-11,13-14H,7-9,12H2,1-6H3,(H,27,28)(H,23,24,26);8-9,11,17H,4-7,10H2,1-3H3,(H,19,20,21);2*1H. The topological polar surface area (TPSA) is 189 Å². The number of aromatic nitrogens is 4. The first-order valence-corrected chi connectivity index (χ1v) is 29.8. The highest BCUT2D eigenvalue weighted by atomic mass is 35.5. The largest absolute Gasteiger partial charge is 0.465 e. The zero-order valence-electron chi connectivity index (χ0n) is 35.1. The number of halogens is 2. The normalized spacial score (nSPS) is 17.5. The van der Waals surface area contributed by atoms with Crippen molar-refractivity contribution in [2.75, 3.05) is 30.3 Å². The van der Waals surface area contributed by atoms with Crippen LogP contribution in [0.5, 0.6) is 0 Å². The molecule has 2 aliphatic heterocycles. The van der Waals surface area contributed by atoms with Gasteiger partial charge in [0.15, 0.2) is 10.3 Å². The third-order valence-electron chi connectivity index (χ3n) is 9.62. The van der Waals surface area contributed by atoms with Crippen LogP contribution < -0.4 is 26.7 Å². The van der Waals surface area contributed by atoms with Crippen LogP contribution >= 0.6 is 71.0 Å². The van der Waals surface area contributed by atoms with Gasteiger partial charge < -0.3 is 34.8 Å². The average Bonchev–Trinajstić information content (AvgIpc) is 3.98. The molecule has 6 rings (SSSR count). The molecule has 328 valence electrons. The highest BCUT2D eigenvalue weighted by molar-refractivity contribution is 8.00. The van der Waals surface area contributed by atoms with Crippen LogP contribution in [0.15, 0.2) is 42.0 Å². The Morgan fingerprint density at radius 3 is 1.64 bits per heavy atom. The number of amides is 3. The molecule has 0 radical (unpaired) electrons. The average molecular weight is 966 g/mol. The van der Waals surface area contributed by atoms with Crippen molar-refractivity contribution in [3.05, 3.63) is 36.6 Å². The zero-order valence-corrected chi connectivity index (χ0v) is 42.0. The first kappa shape index (κ1) is 50.9. The van der Waals surface area contributed by atoms with Crippen molar-refractivity contribution in [1.82, 2.24) is 30.2 Å². The highest BCUT2D eigenvalue weighted by Crippen LogP contribution is 2.36. The molecule has 22 heteroatoms. The molecule has 3 amide bonds. The summed E-state index contributed by atoms with van der Waals surface area (Å²) < 4.78 is 13.8. The van der Waals surface area contributed by atoms with E-state index in [0.29, 0.717) is 47.0 Å². The fourth-order valence-corrected chi connectivity index (χ4v) is 11.4. The molecule has 0 aliphatic carbocycles. The van der Waals surface area contributed by atoms with Crippen LogP contribution in [0, 0.1) is 17.3 Å². The van der Waals surface area contributed by atoms with E-state index in [-0.39, 0.29) is 59.9 Å². The molecule has 0 spiro atoms. The smallest absolute Gasteiger partial charge is 0.407 e. The molecular formula is C37H58Cl2N8O6S4Si2. The van der Waals surface area contributed by atoms with Gasteiger partial charge in [-0.1, -0.05) is 82.7 Å². The van der Waals surface area contributed by atoms with Crippen LogP contribution in [-0.2, 0) is 21.1 Å². The third kappa shape index (κ3) is 15.2. The van der Waals surface area contributed by atoms with Crippen LogP contribution in [-0.4, -0.2) is 89.7 Å². The van der Waals surface area contributed by atoms with Crippen LogP contribution in [0.3, 0.4) is 0 Å². The van der Waals surface area contributed by atoms with Gasteiger partial charge in [0, 0.05) is 24.4 Å². The Morgan fingerprint density at radius 2 is 1.24 bits per heavy atom. The van der Waals surface area contributed by atoms with Crippen molar-refractivity contribution in [1.29, 1.82) is 0 Å². The predicted molar refractivity (Wildman–Crippen MR) is 250 cm³/mol. The Hall–Kier alpha value is -2.44. The molecule has 59 heavy (non-hydrogen) atoms. The van der Waals surface area contributed by atoms with Crippen molar-refractivity contribution in [3.8, 4) is 0 Å². The Labute approximate surface area is 377 Å². The molecule has 2 saturated heterocycles. The Kier molecular flexibility index (Phi) is 19.1. The molecule has 2 aliphatic rings. The summed E-state index contributed by atoms with van der Waals surface area (Å²) in [6, 6.07) is -0.200. The van der Waals surface area contributed by atoms with E-state index in [1.165, 1.54) is 27.6 Å². The molecule has 2 fully saturated rings. The van der Waals surface area contributed by atoms with E-state index in [9.17, 15) is 19.5 Å². The number of thioether (sulfide) groups is 2. The van der Waals surface area contributed by atoms with Gasteiger partial charge in [-0.25, -0.2) is 24.7 Å². The SMILES string of the molecule is CC(C)(C)C1CC(C(=O)Nc2ncc(SCc3ncc([Si](C)(C)C)o3)s2)CCN1C(=O)O.C[Si](C)(C)c1cnc(CSc2cnc(NC(=O)C3CCNCC3)s2)o1.Cl.Cl. The van der Waals surface area contributed by atoms with Gasteiger partial charge in [0.1, 0.15) is 26.9 Å². The minimum Gasteiger partial charge on any atom is -0.465 e. The van der Waals surface area contributed by atoms with Gasteiger partial charge in [-0.2, -0.15) is 0 Å². The summed E-state index contributed by atoms with van der Waals surface area (Å²) in [5.41, 5.74) is -0.239. The van der Waals surface area contributed by atoms with Crippen LogP contribution in [0.4, 0.5) is 15.1 Å². The number of nitrogens with zero attached hydrogens (tertiary/aromatic N) is 5. The maximum Gasteiger partial charge on any atom is 0.407 e. The van der Waals surface area contributed by atoms with E-state index in [4.69, 9.17) is 8.83 Å². The van der Waals surface area contributed by atoms with Crippen molar-refractivity contribution < 1.29 is 28.3 Å². The molecule has 14 nitrogen and oxygen atoms in total. The number of carboxylic acid groups (broad SMARTS) is 1. The molecular weight excluding hydrogens is 908 g/mol. The van der Waals surface area contributed by atoms with Crippen molar-refractivity contribution in [2.45, 2.75) is 112 Å². The van der Waals surface area contributed by atoms with Crippen LogP contribution in [0.25, 0.3) is 0 Å². The van der Waals surface area contributed by atoms with E-state index in [2.05, 4.69) is 75.2 Å². The van der Waals surface area contributed by atoms with Gasteiger partial charge in [0.05, 0.1) is 44.7 Å². The number of piperidine rings is 2. The number of thiazole rings is 2. The number of likely N-dealkylation sites (tertiary alicyclic amines) is 1. The van der Waals surface area contributed by atoms with E-state index in [1.807, 2.05) is 33.2 Å². The number of nitrogens with one attached hydrogen (secondary N) is 3. The maximum atomic E-state index is 12.9. The van der Waals surface area contributed by atoms with Gasteiger partial charge in [0.2, 0.25) is 23.6 Å². The van der Waals surface area contributed by atoms with E-state index >= 15 is 0 Å². The zero-order chi connectivity index (χ0) is 41.5. The summed E-state index contributed by atoms with van der Waals surface area (Å²) in [7, 11) is -2.96.